The summed E-state index contributed by atoms with van der Waals surface area (Å²) in [4.78, 5) is 12.6. The Bertz CT molecular complexity index is 356. The number of halogens is 1. The van der Waals surface area contributed by atoms with Gasteiger partial charge in [-0.25, -0.2) is 0 Å². The van der Waals surface area contributed by atoms with Crippen LogP contribution in [0.3, 0.4) is 0 Å². The van der Waals surface area contributed by atoms with Gasteiger partial charge in [0.25, 0.3) is 0 Å². The topological polar surface area (TPSA) is 17.1 Å². The number of benzene rings is 1. The van der Waals surface area contributed by atoms with Gasteiger partial charge in [0.2, 0.25) is 0 Å². The Morgan fingerprint density at radius 2 is 1.56 bits per heavy atom. The van der Waals surface area contributed by atoms with Gasteiger partial charge in [-0.3, -0.25) is 0 Å². The molecular weight excluding hydrogens is 350 g/mol. The summed E-state index contributed by atoms with van der Waals surface area (Å²) < 4.78 is 2.27. The van der Waals surface area contributed by atoms with E-state index in [4.69, 9.17) is 8.92 Å². The minimum atomic E-state index is -3.12. The van der Waals surface area contributed by atoms with Crippen LogP contribution in [0.1, 0.15) is 49.9 Å². The summed E-state index contributed by atoms with van der Waals surface area (Å²) in [6, 6.07) is 9.62. The van der Waals surface area contributed by atoms with Gasteiger partial charge in [0.05, 0.1) is 0 Å². The van der Waals surface area contributed by atoms with Crippen LogP contribution in [0.5, 0.6) is 0 Å². The zero-order chi connectivity index (χ0) is 13.4. The number of hydrogen-bond donors (Lipinski definition) is 0. The summed E-state index contributed by atoms with van der Waals surface area (Å²) in [5, 5.41) is 0. The van der Waals surface area contributed by atoms with Crippen LogP contribution in [0.4, 0.5) is 0 Å². The summed E-state index contributed by atoms with van der Waals surface area (Å²) in [6.07, 6.45) is 4.45. The normalized spacial score (nSPS) is 11.5. The van der Waals surface area contributed by atoms with Crippen LogP contribution < -0.4 is 0 Å². The fraction of sp³-hybridized carbons (Fsp3) is 0.533. The molecule has 1 rings (SSSR count). The minimum absolute atomic E-state index is 0.300. The summed E-state index contributed by atoms with van der Waals surface area (Å²) >= 11 is -3.12. The molecule has 0 bridgehead atoms. The molecule has 1 aromatic rings. The molecule has 0 heterocycles. The van der Waals surface area contributed by atoms with Crippen molar-refractivity contribution < 1.29 is 4.79 Å². The molecule has 0 amide bonds. The second kappa shape index (κ2) is 8.21. The first kappa shape index (κ1) is 16.0. The van der Waals surface area contributed by atoms with Crippen molar-refractivity contribution in [3.63, 3.8) is 0 Å². The number of carbonyl (C=O) groups is 1. The van der Waals surface area contributed by atoms with E-state index in [0.29, 0.717) is 3.80 Å². The van der Waals surface area contributed by atoms with E-state index in [9.17, 15) is 4.79 Å². The molecule has 0 aliphatic heterocycles. The molecule has 0 saturated carbocycles. The van der Waals surface area contributed by atoms with Crippen LogP contribution in [0.15, 0.2) is 30.3 Å². The predicted molar refractivity (Wildman–Crippen MR) is 81.8 cm³/mol. The van der Waals surface area contributed by atoms with Crippen molar-refractivity contribution in [2.45, 2.75) is 48.4 Å². The molecule has 0 aliphatic carbocycles. The van der Waals surface area contributed by atoms with E-state index in [-0.39, 0.29) is 0 Å². The fourth-order valence-corrected chi connectivity index (χ4v) is 13.8. The number of hydrogen-bond acceptors (Lipinski definition) is 1. The Hall–Kier alpha value is -0.0213. The quantitative estimate of drug-likeness (QED) is 0.573. The molecule has 0 saturated heterocycles. The average molecular weight is 374 g/mol. The molecule has 0 unspecified atom stereocenters. The van der Waals surface area contributed by atoms with Crippen LogP contribution in [-0.4, -0.2) is 21.0 Å². The summed E-state index contributed by atoms with van der Waals surface area (Å²) in [7, 11) is 6.84. The first-order valence-corrected chi connectivity index (χ1v) is 16.0. The molecule has 0 N–H and O–H groups in total. The van der Waals surface area contributed by atoms with E-state index in [1.165, 1.54) is 0 Å². The standard InChI is InChI=1S/C7H5O.2C4H9.ClH.Sn/c8-6-7-4-2-1-3-5-7;2*1-3-4-2;;/h1-5H;2*1,3-4H2,2H3;1H;/q;;;;+1/p-1. The van der Waals surface area contributed by atoms with Gasteiger partial charge in [-0.2, -0.15) is 0 Å². The molecule has 0 atom stereocenters. The molecule has 0 fully saturated rings. The maximum atomic E-state index is 12.6. The Morgan fingerprint density at radius 1 is 1.06 bits per heavy atom. The molecule has 0 radical (unpaired) electrons. The summed E-state index contributed by atoms with van der Waals surface area (Å²) in [6.45, 7) is 4.33. The average Bonchev–Trinajstić information content (AvgIpc) is 2.43. The monoisotopic (exact) mass is 374 g/mol. The third kappa shape index (κ3) is 4.58. The maximum absolute atomic E-state index is 12.6. The van der Waals surface area contributed by atoms with Gasteiger partial charge in [-0.15, -0.1) is 0 Å². The molecule has 0 aliphatic rings. The van der Waals surface area contributed by atoms with Gasteiger partial charge >= 0.3 is 119 Å². The molecular formula is C15H23ClOSn. The Kier molecular flexibility index (Phi) is 7.31. The number of rotatable bonds is 8. The zero-order valence-electron chi connectivity index (χ0n) is 11.4. The van der Waals surface area contributed by atoms with Gasteiger partial charge in [-0.1, -0.05) is 0 Å². The van der Waals surface area contributed by atoms with Crippen molar-refractivity contribution >= 4 is 30.0 Å². The Balaban J connectivity index is 2.84. The van der Waals surface area contributed by atoms with Crippen molar-refractivity contribution in [1.29, 1.82) is 0 Å². The van der Waals surface area contributed by atoms with E-state index in [1.807, 2.05) is 30.3 Å². The van der Waals surface area contributed by atoms with Crippen molar-refractivity contribution in [2.75, 3.05) is 0 Å². The van der Waals surface area contributed by atoms with Crippen LogP contribution >= 0.6 is 8.92 Å². The Labute approximate surface area is 119 Å². The van der Waals surface area contributed by atoms with Crippen LogP contribution in [0.25, 0.3) is 0 Å². The predicted octanol–water partition coefficient (Wildman–Crippen LogP) is 5.19. The van der Waals surface area contributed by atoms with Crippen LogP contribution in [0.2, 0.25) is 8.87 Å². The third-order valence-electron chi connectivity index (χ3n) is 3.30. The molecule has 0 spiro atoms. The van der Waals surface area contributed by atoms with Crippen LogP contribution in [-0.2, 0) is 0 Å². The number of carbonyl (C=O) groups excluding carboxylic acids is 1. The van der Waals surface area contributed by atoms with Gasteiger partial charge in [0.15, 0.2) is 0 Å². The molecule has 18 heavy (non-hydrogen) atoms. The second-order valence-electron chi connectivity index (χ2n) is 4.87. The van der Waals surface area contributed by atoms with Gasteiger partial charge < -0.3 is 0 Å². The molecule has 0 aromatic heterocycles. The molecule has 3 heteroatoms. The van der Waals surface area contributed by atoms with Crippen molar-refractivity contribution in [1.82, 2.24) is 0 Å². The van der Waals surface area contributed by atoms with E-state index in [1.54, 1.807) is 0 Å². The third-order valence-corrected chi connectivity index (χ3v) is 16.7. The summed E-state index contributed by atoms with van der Waals surface area (Å²) in [5.41, 5.74) is 0.829. The molecule has 100 valence electrons. The van der Waals surface area contributed by atoms with E-state index in [2.05, 4.69) is 13.8 Å². The Morgan fingerprint density at radius 3 is 2.00 bits per heavy atom. The SMILES string of the molecule is CCC[CH2][Sn]([Cl])([CH2]CCC)[C](=O)c1ccccc1. The van der Waals surface area contributed by atoms with Crippen molar-refractivity contribution in [3.05, 3.63) is 35.9 Å². The summed E-state index contributed by atoms with van der Waals surface area (Å²) in [5.74, 6) is 0. The van der Waals surface area contributed by atoms with Crippen molar-refractivity contribution in [3.8, 4) is 0 Å². The van der Waals surface area contributed by atoms with E-state index < -0.39 is 17.3 Å². The number of unbranched alkanes of at least 4 members (excludes halogenated alkanes) is 2. The van der Waals surface area contributed by atoms with E-state index in [0.717, 1.165) is 40.1 Å². The molecule has 1 nitrogen and oxygen atoms in total. The first-order chi connectivity index (χ1) is 8.64. The van der Waals surface area contributed by atoms with Gasteiger partial charge in [-0.05, 0) is 0 Å². The van der Waals surface area contributed by atoms with Gasteiger partial charge in [0, 0.05) is 0 Å². The first-order valence-electron chi connectivity index (χ1n) is 6.93. The van der Waals surface area contributed by atoms with Crippen LogP contribution in [0, 0.1) is 0 Å². The van der Waals surface area contributed by atoms with Crippen molar-refractivity contribution in [2.24, 2.45) is 0 Å². The zero-order valence-corrected chi connectivity index (χ0v) is 15.0. The fourth-order valence-electron chi connectivity index (χ4n) is 2.11. The van der Waals surface area contributed by atoms with E-state index >= 15 is 0 Å². The molecule has 1 aromatic carbocycles. The second-order valence-corrected chi connectivity index (χ2v) is 19.4. The van der Waals surface area contributed by atoms with Gasteiger partial charge in [0.1, 0.15) is 0 Å².